The van der Waals surface area contributed by atoms with Crippen LogP contribution in [0.1, 0.15) is 31.4 Å². The molecule has 3 aromatic rings. The average Bonchev–Trinajstić information content (AvgIpc) is 2.82. The quantitative estimate of drug-likeness (QED) is 0.297. The summed E-state index contributed by atoms with van der Waals surface area (Å²) in [5.41, 5.74) is 5.63. The predicted octanol–water partition coefficient (Wildman–Crippen LogP) is 6.32. The lowest BCUT2D eigenvalue weighted by atomic mass is 9.92. The van der Waals surface area contributed by atoms with Crippen LogP contribution in [0.3, 0.4) is 0 Å². The SMILES string of the molecule is COc1ccc(NC(=S)N/N=C2\CC(C)(C)Oc3ccc(OCc4ccc(F)cc4)cc32)cc1Cl. The molecule has 9 heteroatoms. The van der Waals surface area contributed by atoms with Gasteiger partial charge in [0.2, 0.25) is 0 Å². The molecule has 0 bridgehead atoms. The summed E-state index contributed by atoms with van der Waals surface area (Å²) in [6.45, 7) is 4.31. The first-order valence-electron chi connectivity index (χ1n) is 10.9. The van der Waals surface area contributed by atoms with Gasteiger partial charge in [0, 0.05) is 17.7 Å². The Hall–Kier alpha value is -3.36. The number of nitrogens with zero attached hydrogens (tertiary/aromatic N) is 1. The Bertz CT molecular complexity index is 1270. The summed E-state index contributed by atoms with van der Waals surface area (Å²) in [4.78, 5) is 0. The van der Waals surface area contributed by atoms with Gasteiger partial charge in [-0.05, 0) is 80.2 Å². The number of ether oxygens (including phenoxy) is 3. The highest BCUT2D eigenvalue weighted by Crippen LogP contribution is 2.36. The van der Waals surface area contributed by atoms with E-state index in [1.165, 1.54) is 12.1 Å². The maximum absolute atomic E-state index is 13.1. The zero-order chi connectivity index (χ0) is 25.0. The van der Waals surface area contributed by atoms with Crippen LogP contribution in [-0.2, 0) is 6.61 Å². The molecule has 182 valence electrons. The van der Waals surface area contributed by atoms with Gasteiger partial charge in [-0.3, -0.25) is 5.43 Å². The first-order chi connectivity index (χ1) is 16.7. The van der Waals surface area contributed by atoms with Crippen LogP contribution in [-0.4, -0.2) is 23.5 Å². The number of fused-ring (bicyclic) bond motifs is 1. The topological polar surface area (TPSA) is 64.1 Å². The number of hydrogen-bond donors (Lipinski definition) is 2. The van der Waals surface area contributed by atoms with Crippen LogP contribution in [0.5, 0.6) is 17.2 Å². The zero-order valence-corrected chi connectivity index (χ0v) is 21.1. The Labute approximate surface area is 214 Å². The molecule has 35 heavy (non-hydrogen) atoms. The summed E-state index contributed by atoms with van der Waals surface area (Å²) in [6.07, 6.45) is 0.561. The van der Waals surface area contributed by atoms with Gasteiger partial charge < -0.3 is 19.5 Å². The van der Waals surface area contributed by atoms with Crippen molar-refractivity contribution in [3.05, 3.63) is 82.6 Å². The lowest BCUT2D eigenvalue weighted by Crippen LogP contribution is -2.37. The van der Waals surface area contributed by atoms with E-state index in [1.807, 2.05) is 38.1 Å². The fourth-order valence-corrected chi connectivity index (χ4v) is 4.04. The molecule has 0 atom stereocenters. The number of rotatable bonds is 6. The second-order valence-corrected chi connectivity index (χ2v) is 9.40. The van der Waals surface area contributed by atoms with Gasteiger partial charge in [0.1, 0.15) is 35.3 Å². The molecule has 1 aliphatic heterocycles. The van der Waals surface area contributed by atoms with E-state index in [1.54, 1.807) is 31.4 Å². The van der Waals surface area contributed by atoms with E-state index in [-0.39, 0.29) is 5.82 Å². The highest BCUT2D eigenvalue weighted by atomic mass is 35.5. The summed E-state index contributed by atoms with van der Waals surface area (Å²) in [7, 11) is 1.56. The molecule has 6 nitrogen and oxygen atoms in total. The maximum atomic E-state index is 13.1. The molecule has 0 spiro atoms. The van der Waals surface area contributed by atoms with Crippen molar-refractivity contribution in [2.24, 2.45) is 5.10 Å². The van der Waals surface area contributed by atoms with Gasteiger partial charge in [0.15, 0.2) is 5.11 Å². The monoisotopic (exact) mass is 513 g/mol. The summed E-state index contributed by atoms with van der Waals surface area (Å²) in [6, 6.07) is 17.1. The Morgan fingerprint density at radius 2 is 1.91 bits per heavy atom. The lowest BCUT2D eigenvalue weighted by Gasteiger charge is -2.33. The van der Waals surface area contributed by atoms with E-state index in [4.69, 9.17) is 38.0 Å². The number of benzene rings is 3. The van der Waals surface area contributed by atoms with Crippen LogP contribution in [0, 0.1) is 5.82 Å². The minimum atomic E-state index is -0.442. The second-order valence-electron chi connectivity index (χ2n) is 8.59. The third-order valence-electron chi connectivity index (χ3n) is 5.26. The largest absolute Gasteiger partial charge is 0.495 e. The van der Waals surface area contributed by atoms with Gasteiger partial charge >= 0.3 is 0 Å². The van der Waals surface area contributed by atoms with E-state index < -0.39 is 5.60 Å². The lowest BCUT2D eigenvalue weighted by molar-refractivity contribution is 0.111. The molecule has 1 heterocycles. The van der Waals surface area contributed by atoms with Gasteiger partial charge in [0.05, 0.1) is 17.8 Å². The van der Waals surface area contributed by atoms with Crippen molar-refractivity contribution in [3.8, 4) is 17.2 Å². The number of hydrogen-bond acceptors (Lipinski definition) is 5. The smallest absolute Gasteiger partial charge is 0.191 e. The molecule has 1 aliphatic rings. The Morgan fingerprint density at radius 3 is 2.63 bits per heavy atom. The number of anilines is 1. The first-order valence-corrected chi connectivity index (χ1v) is 11.7. The van der Waals surface area contributed by atoms with Crippen LogP contribution >= 0.6 is 23.8 Å². The van der Waals surface area contributed by atoms with E-state index in [2.05, 4.69) is 15.8 Å². The normalized spacial score (nSPS) is 15.1. The van der Waals surface area contributed by atoms with Crippen LogP contribution in [0.2, 0.25) is 5.02 Å². The predicted molar refractivity (Wildman–Crippen MR) is 140 cm³/mol. The molecule has 0 aromatic heterocycles. The van der Waals surface area contributed by atoms with Gasteiger partial charge in [-0.25, -0.2) is 4.39 Å². The van der Waals surface area contributed by atoms with Crippen LogP contribution in [0.4, 0.5) is 10.1 Å². The third kappa shape index (κ3) is 6.41. The van der Waals surface area contributed by atoms with Crippen LogP contribution in [0.25, 0.3) is 0 Å². The van der Waals surface area contributed by atoms with E-state index in [9.17, 15) is 4.39 Å². The molecule has 0 saturated carbocycles. The average molecular weight is 514 g/mol. The van der Waals surface area contributed by atoms with Crippen molar-refractivity contribution in [2.45, 2.75) is 32.5 Å². The minimum absolute atomic E-state index is 0.279. The molecule has 4 rings (SSSR count). The van der Waals surface area contributed by atoms with Crippen molar-refractivity contribution in [2.75, 3.05) is 12.4 Å². The van der Waals surface area contributed by atoms with Crippen molar-refractivity contribution >= 4 is 40.3 Å². The van der Waals surface area contributed by atoms with Crippen LogP contribution < -0.4 is 25.0 Å². The van der Waals surface area contributed by atoms with Gasteiger partial charge in [-0.2, -0.15) is 5.10 Å². The number of halogens is 2. The summed E-state index contributed by atoms with van der Waals surface area (Å²) in [5, 5.41) is 8.42. The molecule has 0 radical (unpaired) electrons. The second kappa shape index (κ2) is 10.5. The molecule has 0 fully saturated rings. The van der Waals surface area contributed by atoms with Crippen molar-refractivity contribution < 1.29 is 18.6 Å². The van der Waals surface area contributed by atoms with Crippen molar-refractivity contribution in [1.82, 2.24) is 5.43 Å². The fraction of sp³-hybridized carbons (Fsp3) is 0.231. The summed E-state index contributed by atoms with van der Waals surface area (Å²) in [5.74, 6) is 1.65. The molecule has 0 amide bonds. The highest BCUT2D eigenvalue weighted by molar-refractivity contribution is 7.80. The molecule has 0 saturated heterocycles. The molecular formula is C26H25ClFN3O3S. The number of methoxy groups -OCH3 is 1. The molecule has 3 aromatic carbocycles. The molecule has 2 N–H and O–H groups in total. The number of hydrazone groups is 1. The molecule has 0 unspecified atom stereocenters. The first kappa shape index (κ1) is 24.8. The summed E-state index contributed by atoms with van der Waals surface area (Å²) >= 11 is 11.6. The third-order valence-corrected chi connectivity index (χ3v) is 5.75. The van der Waals surface area contributed by atoms with Gasteiger partial charge in [0.25, 0.3) is 0 Å². The maximum Gasteiger partial charge on any atom is 0.191 e. The zero-order valence-electron chi connectivity index (χ0n) is 19.5. The Kier molecular flexibility index (Phi) is 7.42. The van der Waals surface area contributed by atoms with Crippen LogP contribution in [0.15, 0.2) is 65.8 Å². The van der Waals surface area contributed by atoms with Gasteiger partial charge in [-0.1, -0.05) is 23.7 Å². The highest BCUT2D eigenvalue weighted by Gasteiger charge is 2.31. The van der Waals surface area contributed by atoms with Gasteiger partial charge in [-0.15, -0.1) is 0 Å². The molecular weight excluding hydrogens is 489 g/mol. The minimum Gasteiger partial charge on any atom is -0.495 e. The standard InChI is InChI=1S/C26H25ClFN3O3S/c1-26(2)14-22(30-31-25(35)29-18-8-10-24(32-3)21(27)12-18)20-13-19(9-11-23(20)34-26)33-15-16-4-6-17(28)7-5-16/h4-13H,14-15H2,1-3H3,(H2,29,31,35)/b30-22+. The summed E-state index contributed by atoms with van der Waals surface area (Å²) < 4.78 is 30.4. The Balaban J connectivity index is 1.49. The molecule has 0 aliphatic carbocycles. The van der Waals surface area contributed by atoms with Crippen molar-refractivity contribution in [1.29, 1.82) is 0 Å². The van der Waals surface area contributed by atoms with Crippen molar-refractivity contribution in [3.63, 3.8) is 0 Å². The van der Waals surface area contributed by atoms with E-state index in [0.717, 1.165) is 16.8 Å². The Morgan fingerprint density at radius 1 is 1.14 bits per heavy atom. The number of nitrogens with one attached hydrogen (secondary N) is 2. The number of thiocarbonyl (C=S) groups is 1. The fourth-order valence-electron chi connectivity index (χ4n) is 3.61. The van der Waals surface area contributed by atoms with E-state index >= 15 is 0 Å². The van der Waals surface area contributed by atoms with E-state index in [0.29, 0.717) is 46.1 Å².